The number of pyridine rings is 1. The Labute approximate surface area is 131 Å². The molecule has 0 radical (unpaired) electrons. The molecule has 0 atom stereocenters. The third kappa shape index (κ3) is 3.34. The van der Waals surface area contributed by atoms with Gasteiger partial charge in [0, 0.05) is 22.9 Å². The molecular weight excluding hydrogens is 268 g/mol. The predicted molar refractivity (Wildman–Crippen MR) is 93.9 cm³/mol. The molecule has 0 spiro atoms. The van der Waals surface area contributed by atoms with Crippen LogP contribution in [0.3, 0.4) is 0 Å². The van der Waals surface area contributed by atoms with Crippen molar-refractivity contribution >= 4 is 5.69 Å². The van der Waals surface area contributed by atoms with Crippen LogP contribution < -0.4 is 5.32 Å². The van der Waals surface area contributed by atoms with Crippen molar-refractivity contribution in [3.05, 3.63) is 72.8 Å². The van der Waals surface area contributed by atoms with Gasteiger partial charge in [-0.15, -0.1) is 0 Å². The third-order valence-corrected chi connectivity index (χ3v) is 3.42. The number of benzene rings is 2. The second-order valence-electron chi connectivity index (χ2n) is 5.66. The molecule has 0 aliphatic rings. The maximum absolute atomic E-state index is 4.84. The number of rotatable bonds is 4. The number of aromatic nitrogens is 1. The summed E-state index contributed by atoms with van der Waals surface area (Å²) >= 11 is 0. The molecule has 0 saturated carbocycles. The Kier molecular flexibility index (Phi) is 4.19. The molecule has 0 unspecified atom stereocenters. The number of hydrogen-bond acceptors (Lipinski definition) is 2. The van der Waals surface area contributed by atoms with Crippen molar-refractivity contribution in [1.82, 2.24) is 4.98 Å². The second kappa shape index (κ2) is 6.44. The van der Waals surface area contributed by atoms with Gasteiger partial charge in [0.1, 0.15) is 0 Å². The van der Waals surface area contributed by atoms with Crippen LogP contribution in [0.1, 0.15) is 13.8 Å². The first kappa shape index (κ1) is 14.3. The van der Waals surface area contributed by atoms with E-state index >= 15 is 0 Å². The van der Waals surface area contributed by atoms with Gasteiger partial charge in [0.05, 0.1) is 11.4 Å². The van der Waals surface area contributed by atoms with Crippen molar-refractivity contribution in [2.24, 2.45) is 0 Å². The van der Waals surface area contributed by atoms with E-state index in [9.17, 15) is 0 Å². The van der Waals surface area contributed by atoms with Crippen LogP contribution in [-0.2, 0) is 0 Å². The van der Waals surface area contributed by atoms with Crippen LogP contribution in [0.15, 0.2) is 72.8 Å². The maximum atomic E-state index is 4.84. The number of nitrogens with one attached hydrogen (secondary N) is 1. The van der Waals surface area contributed by atoms with Gasteiger partial charge in [-0.05, 0) is 26.0 Å². The Morgan fingerprint density at radius 3 is 1.59 bits per heavy atom. The van der Waals surface area contributed by atoms with E-state index in [1.807, 2.05) is 36.4 Å². The van der Waals surface area contributed by atoms with Gasteiger partial charge in [0.2, 0.25) is 0 Å². The molecule has 0 aliphatic carbocycles. The first-order valence-corrected chi connectivity index (χ1v) is 7.62. The van der Waals surface area contributed by atoms with Gasteiger partial charge in [-0.1, -0.05) is 60.7 Å². The van der Waals surface area contributed by atoms with Gasteiger partial charge >= 0.3 is 0 Å². The fourth-order valence-corrected chi connectivity index (χ4v) is 2.46. The van der Waals surface area contributed by atoms with E-state index in [1.165, 1.54) is 0 Å². The van der Waals surface area contributed by atoms with Crippen LogP contribution in [0.5, 0.6) is 0 Å². The van der Waals surface area contributed by atoms with E-state index in [0.717, 1.165) is 28.2 Å². The van der Waals surface area contributed by atoms with Crippen LogP contribution in [0.2, 0.25) is 0 Å². The molecule has 0 aliphatic heterocycles. The average molecular weight is 288 g/mol. The summed E-state index contributed by atoms with van der Waals surface area (Å²) in [6, 6.07) is 25.2. The van der Waals surface area contributed by atoms with E-state index in [1.54, 1.807) is 0 Å². The third-order valence-electron chi connectivity index (χ3n) is 3.42. The number of nitrogens with zero attached hydrogens (tertiary/aromatic N) is 1. The Hall–Kier alpha value is -2.61. The van der Waals surface area contributed by atoms with Crippen molar-refractivity contribution in [3.8, 4) is 22.5 Å². The van der Waals surface area contributed by atoms with Crippen LogP contribution in [0.4, 0.5) is 5.69 Å². The van der Waals surface area contributed by atoms with Gasteiger partial charge < -0.3 is 5.32 Å². The van der Waals surface area contributed by atoms with Gasteiger partial charge in [-0.2, -0.15) is 0 Å². The lowest BCUT2D eigenvalue weighted by atomic mass is 10.1. The van der Waals surface area contributed by atoms with Crippen LogP contribution >= 0.6 is 0 Å². The molecule has 0 fully saturated rings. The summed E-state index contributed by atoms with van der Waals surface area (Å²) in [5.74, 6) is 0. The molecule has 2 nitrogen and oxygen atoms in total. The highest BCUT2D eigenvalue weighted by molar-refractivity contribution is 5.72. The van der Waals surface area contributed by atoms with Gasteiger partial charge in [-0.25, -0.2) is 4.98 Å². The highest BCUT2D eigenvalue weighted by Crippen LogP contribution is 2.27. The molecular formula is C20H20N2. The van der Waals surface area contributed by atoms with Gasteiger partial charge in [0.15, 0.2) is 0 Å². The first-order valence-electron chi connectivity index (χ1n) is 7.62. The molecule has 1 aromatic heterocycles. The fraction of sp³-hybridized carbons (Fsp3) is 0.150. The summed E-state index contributed by atoms with van der Waals surface area (Å²) in [6.07, 6.45) is 0. The molecule has 1 heterocycles. The number of anilines is 1. The zero-order valence-electron chi connectivity index (χ0n) is 13.0. The smallest absolute Gasteiger partial charge is 0.0730 e. The molecule has 0 bridgehead atoms. The normalized spacial score (nSPS) is 10.7. The zero-order chi connectivity index (χ0) is 15.4. The standard InChI is InChI=1S/C20H20N2/c1-15(2)21-18-13-19(16-9-5-3-6-10-16)22-20(14-18)17-11-7-4-8-12-17/h3-15H,1-2H3,(H,21,22). The summed E-state index contributed by atoms with van der Waals surface area (Å²) in [5.41, 5.74) is 5.34. The van der Waals surface area contributed by atoms with E-state index in [4.69, 9.17) is 4.98 Å². The minimum absolute atomic E-state index is 0.384. The SMILES string of the molecule is CC(C)Nc1cc(-c2ccccc2)nc(-c2ccccc2)c1. The second-order valence-corrected chi connectivity index (χ2v) is 5.66. The lowest BCUT2D eigenvalue weighted by molar-refractivity contribution is 0.899. The molecule has 2 heteroatoms. The molecule has 22 heavy (non-hydrogen) atoms. The Morgan fingerprint density at radius 2 is 1.18 bits per heavy atom. The fourth-order valence-electron chi connectivity index (χ4n) is 2.46. The minimum atomic E-state index is 0.384. The molecule has 1 N–H and O–H groups in total. The first-order chi connectivity index (χ1) is 10.7. The topological polar surface area (TPSA) is 24.9 Å². The van der Waals surface area contributed by atoms with Gasteiger partial charge in [-0.3, -0.25) is 0 Å². The van der Waals surface area contributed by atoms with Crippen molar-refractivity contribution < 1.29 is 0 Å². The van der Waals surface area contributed by atoms with Crippen molar-refractivity contribution in [1.29, 1.82) is 0 Å². The zero-order valence-corrected chi connectivity index (χ0v) is 13.0. The van der Waals surface area contributed by atoms with Crippen LogP contribution in [-0.4, -0.2) is 11.0 Å². The highest BCUT2D eigenvalue weighted by Gasteiger charge is 2.07. The van der Waals surface area contributed by atoms with Gasteiger partial charge in [0.25, 0.3) is 0 Å². The molecule has 3 aromatic rings. The monoisotopic (exact) mass is 288 g/mol. The Morgan fingerprint density at radius 1 is 0.727 bits per heavy atom. The lowest BCUT2D eigenvalue weighted by Gasteiger charge is -2.13. The van der Waals surface area contributed by atoms with Crippen molar-refractivity contribution in [3.63, 3.8) is 0 Å². The summed E-state index contributed by atoms with van der Waals surface area (Å²) in [5, 5.41) is 3.49. The molecule has 0 amide bonds. The van der Waals surface area contributed by atoms with E-state index < -0.39 is 0 Å². The highest BCUT2D eigenvalue weighted by atomic mass is 14.9. The van der Waals surface area contributed by atoms with Crippen LogP contribution in [0.25, 0.3) is 22.5 Å². The summed E-state index contributed by atoms with van der Waals surface area (Å²) in [6.45, 7) is 4.29. The molecule has 3 rings (SSSR count). The average Bonchev–Trinajstić information content (AvgIpc) is 2.55. The summed E-state index contributed by atoms with van der Waals surface area (Å²) in [4.78, 5) is 4.84. The minimum Gasteiger partial charge on any atom is -0.383 e. The predicted octanol–water partition coefficient (Wildman–Crippen LogP) is 5.24. The Bertz CT molecular complexity index is 676. The molecule has 0 saturated heterocycles. The van der Waals surface area contributed by atoms with E-state index in [0.29, 0.717) is 6.04 Å². The maximum Gasteiger partial charge on any atom is 0.0730 e. The van der Waals surface area contributed by atoms with Crippen molar-refractivity contribution in [2.45, 2.75) is 19.9 Å². The van der Waals surface area contributed by atoms with Crippen molar-refractivity contribution in [2.75, 3.05) is 5.32 Å². The summed E-state index contributed by atoms with van der Waals surface area (Å²) < 4.78 is 0. The lowest BCUT2D eigenvalue weighted by Crippen LogP contribution is -2.10. The molecule has 110 valence electrons. The molecule has 2 aromatic carbocycles. The number of hydrogen-bond donors (Lipinski definition) is 1. The van der Waals surface area contributed by atoms with E-state index in [-0.39, 0.29) is 0 Å². The quantitative estimate of drug-likeness (QED) is 0.710. The summed E-state index contributed by atoms with van der Waals surface area (Å²) in [7, 11) is 0. The Balaban J connectivity index is 2.10. The van der Waals surface area contributed by atoms with E-state index in [2.05, 4.69) is 55.6 Å². The van der Waals surface area contributed by atoms with Crippen LogP contribution in [0, 0.1) is 0 Å². The largest absolute Gasteiger partial charge is 0.383 e.